The topological polar surface area (TPSA) is 64.7 Å². The van der Waals surface area contributed by atoms with Gasteiger partial charge in [-0.15, -0.1) is 0 Å². The van der Waals surface area contributed by atoms with Gasteiger partial charge in [-0.3, -0.25) is 14.5 Å². The molecule has 1 atom stereocenters. The third-order valence-corrected chi connectivity index (χ3v) is 5.02. The molecule has 2 fully saturated rings. The zero-order valence-corrected chi connectivity index (χ0v) is 14.2. The van der Waals surface area contributed by atoms with Crippen molar-refractivity contribution in [2.45, 2.75) is 6.92 Å². The predicted molar refractivity (Wildman–Crippen MR) is 93.6 cm³/mol. The Balaban J connectivity index is 1.41. The van der Waals surface area contributed by atoms with Crippen LogP contribution in [0.1, 0.15) is 6.92 Å². The maximum absolute atomic E-state index is 12.5. The van der Waals surface area contributed by atoms with Crippen LogP contribution in [0.25, 0.3) is 0 Å². The molecule has 130 valence electrons. The van der Waals surface area contributed by atoms with Crippen LogP contribution in [0.5, 0.6) is 0 Å². The number of carbonyl (C=O) groups is 2. The minimum atomic E-state index is -0.00473. The number of nitrogens with zero attached hydrogens (tertiary/aromatic N) is 2. The fourth-order valence-electron chi connectivity index (χ4n) is 3.21. The monoisotopic (exact) mass is 330 g/mol. The van der Waals surface area contributed by atoms with Gasteiger partial charge in [0.1, 0.15) is 0 Å². The summed E-state index contributed by atoms with van der Waals surface area (Å²) in [4.78, 5) is 28.7. The molecule has 1 aromatic carbocycles. The van der Waals surface area contributed by atoms with E-state index in [1.165, 1.54) is 0 Å². The van der Waals surface area contributed by atoms with Gasteiger partial charge in [-0.2, -0.15) is 0 Å². The lowest BCUT2D eigenvalue weighted by Gasteiger charge is -2.39. The van der Waals surface area contributed by atoms with Crippen LogP contribution < -0.4 is 10.6 Å². The number of carbonyl (C=O) groups excluding carboxylic acids is 2. The van der Waals surface area contributed by atoms with E-state index in [2.05, 4.69) is 15.5 Å². The standard InChI is InChI=1S/C18H26N4O2/c1-14(15-11-19-12-15)18(24)22-9-7-21(8-10-22)13-17(23)20-16-5-3-2-4-6-16/h2-6,14-15,19H,7-13H2,1H3,(H,20,23). The number of benzene rings is 1. The molecule has 2 heterocycles. The number of hydrogen-bond donors (Lipinski definition) is 2. The highest BCUT2D eigenvalue weighted by Gasteiger charge is 2.32. The van der Waals surface area contributed by atoms with Crippen molar-refractivity contribution in [3.05, 3.63) is 30.3 Å². The molecule has 0 spiro atoms. The van der Waals surface area contributed by atoms with E-state index in [0.717, 1.165) is 31.9 Å². The van der Waals surface area contributed by atoms with Gasteiger partial charge in [0.15, 0.2) is 0 Å². The van der Waals surface area contributed by atoms with Gasteiger partial charge in [-0.1, -0.05) is 25.1 Å². The lowest BCUT2D eigenvalue weighted by molar-refractivity contribution is -0.139. The van der Waals surface area contributed by atoms with E-state index in [1.807, 2.05) is 42.2 Å². The van der Waals surface area contributed by atoms with Crippen LogP contribution in [0.2, 0.25) is 0 Å². The summed E-state index contributed by atoms with van der Waals surface area (Å²) >= 11 is 0. The normalized spacial score (nSPS) is 20.3. The fourth-order valence-corrected chi connectivity index (χ4v) is 3.21. The van der Waals surface area contributed by atoms with Gasteiger partial charge in [0.05, 0.1) is 6.54 Å². The summed E-state index contributed by atoms with van der Waals surface area (Å²) in [7, 11) is 0. The van der Waals surface area contributed by atoms with Crippen molar-refractivity contribution >= 4 is 17.5 Å². The second-order valence-electron chi connectivity index (χ2n) is 6.72. The Hall–Kier alpha value is -1.92. The summed E-state index contributed by atoms with van der Waals surface area (Å²) in [5.41, 5.74) is 0.819. The highest BCUT2D eigenvalue weighted by Crippen LogP contribution is 2.19. The minimum absolute atomic E-state index is 0.00473. The fraction of sp³-hybridized carbons (Fsp3) is 0.556. The Morgan fingerprint density at radius 2 is 1.83 bits per heavy atom. The number of nitrogens with one attached hydrogen (secondary N) is 2. The first-order valence-corrected chi connectivity index (χ1v) is 8.70. The first-order chi connectivity index (χ1) is 11.6. The molecule has 2 saturated heterocycles. The van der Waals surface area contributed by atoms with Crippen LogP contribution in [0.15, 0.2) is 30.3 Å². The molecule has 0 saturated carbocycles. The smallest absolute Gasteiger partial charge is 0.238 e. The lowest BCUT2D eigenvalue weighted by atomic mass is 9.88. The average molecular weight is 330 g/mol. The molecule has 2 aliphatic rings. The second kappa shape index (κ2) is 7.77. The van der Waals surface area contributed by atoms with Crippen molar-refractivity contribution in [3.63, 3.8) is 0 Å². The maximum Gasteiger partial charge on any atom is 0.238 e. The number of rotatable bonds is 5. The van der Waals surface area contributed by atoms with Crippen LogP contribution in [0.3, 0.4) is 0 Å². The second-order valence-corrected chi connectivity index (χ2v) is 6.72. The van der Waals surface area contributed by atoms with E-state index >= 15 is 0 Å². The number of hydrogen-bond acceptors (Lipinski definition) is 4. The highest BCUT2D eigenvalue weighted by molar-refractivity contribution is 5.92. The summed E-state index contributed by atoms with van der Waals surface area (Å²) in [6.45, 7) is 7.24. The zero-order valence-electron chi connectivity index (χ0n) is 14.2. The summed E-state index contributed by atoms with van der Waals surface area (Å²) in [5, 5.41) is 6.13. The predicted octanol–water partition coefficient (Wildman–Crippen LogP) is 0.625. The molecule has 6 heteroatoms. The summed E-state index contributed by atoms with van der Waals surface area (Å²) in [5.74, 6) is 0.830. The number of amides is 2. The van der Waals surface area contributed by atoms with Gasteiger partial charge in [0.25, 0.3) is 0 Å². The molecular formula is C18H26N4O2. The van der Waals surface area contributed by atoms with E-state index in [0.29, 0.717) is 25.6 Å². The van der Waals surface area contributed by atoms with E-state index < -0.39 is 0 Å². The molecule has 2 aliphatic heterocycles. The van der Waals surface area contributed by atoms with Crippen LogP contribution >= 0.6 is 0 Å². The summed E-state index contributed by atoms with van der Waals surface area (Å²) in [6, 6.07) is 9.49. The Morgan fingerprint density at radius 3 is 2.42 bits per heavy atom. The summed E-state index contributed by atoms with van der Waals surface area (Å²) in [6.07, 6.45) is 0. The molecular weight excluding hydrogens is 304 g/mol. The molecule has 0 aliphatic carbocycles. The molecule has 0 radical (unpaired) electrons. The Kier molecular flexibility index (Phi) is 5.48. The van der Waals surface area contributed by atoms with Gasteiger partial charge < -0.3 is 15.5 Å². The first-order valence-electron chi connectivity index (χ1n) is 8.70. The van der Waals surface area contributed by atoms with Crippen LogP contribution in [0.4, 0.5) is 5.69 Å². The van der Waals surface area contributed by atoms with Crippen molar-refractivity contribution in [2.24, 2.45) is 11.8 Å². The van der Waals surface area contributed by atoms with Crippen molar-refractivity contribution in [1.82, 2.24) is 15.1 Å². The first kappa shape index (κ1) is 16.9. The van der Waals surface area contributed by atoms with Crippen molar-refractivity contribution in [2.75, 3.05) is 51.1 Å². The van der Waals surface area contributed by atoms with Gasteiger partial charge in [0.2, 0.25) is 11.8 Å². The van der Waals surface area contributed by atoms with Gasteiger partial charge in [-0.05, 0) is 31.1 Å². The molecule has 0 bridgehead atoms. The molecule has 3 rings (SSSR count). The Labute approximate surface area is 143 Å². The highest BCUT2D eigenvalue weighted by atomic mass is 16.2. The van der Waals surface area contributed by atoms with Crippen LogP contribution in [0, 0.1) is 11.8 Å². The average Bonchev–Trinajstić information content (AvgIpc) is 2.54. The van der Waals surface area contributed by atoms with E-state index in [9.17, 15) is 9.59 Å². The van der Waals surface area contributed by atoms with Crippen molar-refractivity contribution in [3.8, 4) is 0 Å². The lowest BCUT2D eigenvalue weighted by Crippen LogP contribution is -2.55. The van der Waals surface area contributed by atoms with Gasteiger partial charge in [-0.25, -0.2) is 0 Å². The molecule has 6 nitrogen and oxygen atoms in total. The zero-order chi connectivity index (χ0) is 16.9. The molecule has 2 N–H and O–H groups in total. The van der Waals surface area contributed by atoms with E-state index in [-0.39, 0.29) is 17.7 Å². The quantitative estimate of drug-likeness (QED) is 0.831. The van der Waals surface area contributed by atoms with Gasteiger partial charge in [0, 0.05) is 37.8 Å². The van der Waals surface area contributed by atoms with Crippen LogP contribution in [-0.2, 0) is 9.59 Å². The maximum atomic E-state index is 12.5. The molecule has 24 heavy (non-hydrogen) atoms. The number of anilines is 1. The minimum Gasteiger partial charge on any atom is -0.340 e. The van der Waals surface area contributed by atoms with Gasteiger partial charge >= 0.3 is 0 Å². The summed E-state index contributed by atoms with van der Waals surface area (Å²) < 4.78 is 0. The number of para-hydroxylation sites is 1. The SMILES string of the molecule is CC(C(=O)N1CCN(CC(=O)Nc2ccccc2)CC1)C1CNC1. The molecule has 2 amide bonds. The molecule has 0 aromatic heterocycles. The molecule has 1 aromatic rings. The van der Waals surface area contributed by atoms with Crippen molar-refractivity contribution in [1.29, 1.82) is 0 Å². The van der Waals surface area contributed by atoms with E-state index in [4.69, 9.17) is 0 Å². The largest absolute Gasteiger partial charge is 0.340 e. The third kappa shape index (κ3) is 4.13. The Morgan fingerprint density at radius 1 is 1.17 bits per heavy atom. The van der Waals surface area contributed by atoms with Crippen LogP contribution in [-0.4, -0.2) is 67.4 Å². The third-order valence-electron chi connectivity index (χ3n) is 5.02. The Bertz CT molecular complexity index is 566. The molecule has 1 unspecified atom stereocenters. The van der Waals surface area contributed by atoms with E-state index in [1.54, 1.807) is 0 Å². The van der Waals surface area contributed by atoms with Crippen molar-refractivity contribution < 1.29 is 9.59 Å². The number of piperazine rings is 1.